The number of ether oxygens (including phenoxy) is 2. The van der Waals surface area contributed by atoms with Gasteiger partial charge in [0, 0.05) is 23.0 Å². The Balaban J connectivity index is 1.72. The Morgan fingerprint density at radius 3 is 2.41 bits per heavy atom. The van der Waals surface area contributed by atoms with Gasteiger partial charge in [-0.25, -0.2) is 4.98 Å². The first-order valence-corrected chi connectivity index (χ1v) is 8.49. The third kappa shape index (κ3) is 4.68. The van der Waals surface area contributed by atoms with Gasteiger partial charge in [-0.05, 0) is 48.5 Å². The van der Waals surface area contributed by atoms with Crippen molar-refractivity contribution in [3.8, 4) is 11.5 Å². The largest absolute Gasteiger partial charge is 0.497 e. The molecule has 1 aromatic heterocycles. The van der Waals surface area contributed by atoms with E-state index < -0.39 is 0 Å². The summed E-state index contributed by atoms with van der Waals surface area (Å²) in [6.07, 6.45) is 1.50. The molecule has 138 valence electrons. The van der Waals surface area contributed by atoms with E-state index in [0.29, 0.717) is 39.3 Å². The van der Waals surface area contributed by atoms with Crippen molar-refractivity contribution in [3.63, 3.8) is 0 Å². The summed E-state index contributed by atoms with van der Waals surface area (Å²) in [7, 11) is 3.18. The molecule has 3 aromatic rings. The van der Waals surface area contributed by atoms with Crippen molar-refractivity contribution in [1.82, 2.24) is 4.98 Å². The number of carbonyl (C=O) groups is 1. The number of halogens is 1. The lowest BCUT2D eigenvalue weighted by atomic mass is 10.2. The maximum Gasteiger partial charge on any atom is 0.257 e. The van der Waals surface area contributed by atoms with Crippen molar-refractivity contribution in [3.05, 3.63) is 71.4 Å². The van der Waals surface area contributed by atoms with Crippen LogP contribution in [0, 0.1) is 0 Å². The molecule has 2 N–H and O–H groups in total. The number of nitrogens with zero attached hydrogens (tertiary/aromatic N) is 1. The minimum Gasteiger partial charge on any atom is -0.497 e. The van der Waals surface area contributed by atoms with Crippen molar-refractivity contribution >= 4 is 34.7 Å². The maximum absolute atomic E-state index is 12.3. The molecule has 3 rings (SSSR count). The number of nitrogens with one attached hydrogen (secondary N) is 2. The van der Waals surface area contributed by atoms with Crippen LogP contribution in [0.3, 0.4) is 0 Å². The van der Waals surface area contributed by atoms with Crippen molar-refractivity contribution in [2.45, 2.75) is 0 Å². The minimum absolute atomic E-state index is 0.254. The van der Waals surface area contributed by atoms with E-state index in [-0.39, 0.29) is 5.91 Å². The number of hydrogen-bond acceptors (Lipinski definition) is 5. The van der Waals surface area contributed by atoms with Crippen LogP contribution in [-0.4, -0.2) is 25.1 Å². The molecule has 0 fully saturated rings. The lowest BCUT2D eigenvalue weighted by Gasteiger charge is -2.12. The highest BCUT2D eigenvalue weighted by Gasteiger charge is 2.09. The summed E-state index contributed by atoms with van der Waals surface area (Å²) < 4.78 is 10.6. The van der Waals surface area contributed by atoms with Gasteiger partial charge in [0.25, 0.3) is 5.91 Å². The molecule has 0 unspecified atom stereocenters. The molecule has 0 aliphatic rings. The van der Waals surface area contributed by atoms with E-state index in [2.05, 4.69) is 15.6 Å². The molecular weight excluding hydrogens is 366 g/mol. The van der Waals surface area contributed by atoms with Gasteiger partial charge in [-0.15, -0.1) is 0 Å². The molecule has 0 aliphatic carbocycles. The molecule has 1 heterocycles. The zero-order chi connectivity index (χ0) is 19.2. The lowest BCUT2D eigenvalue weighted by Crippen LogP contribution is -2.12. The van der Waals surface area contributed by atoms with E-state index in [1.807, 2.05) is 12.1 Å². The average Bonchev–Trinajstić information content (AvgIpc) is 2.70. The fourth-order valence-electron chi connectivity index (χ4n) is 2.39. The van der Waals surface area contributed by atoms with E-state index in [9.17, 15) is 4.79 Å². The number of methoxy groups -OCH3 is 2. The highest BCUT2D eigenvalue weighted by Crippen LogP contribution is 2.31. The molecule has 0 saturated carbocycles. The molecule has 0 atom stereocenters. The quantitative estimate of drug-likeness (QED) is 0.642. The number of amides is 1. The third-order valence-corrected chi connectivity index (χ3v) is 4.05. The number of hydrogen-bond donors (Lipinski definition) is 2. The number of benzene rings is 2. The Morgan fingerprint density at radius 1 is 1.00 bits per heavy atom. The molecule has 0 radical (unpaired) electrons. The van der Waals surface area contributed by atoms with Gasteiger partial charge in [0.05, 0.1) is 25.5 Å². The van der Waals surface area contributed by atoms with Crippen LogP contribution < -0.4 is 20.1 Å². The monoisotopic (exact) mass is 383 g/mol. The number of pyridine rings is 1. The van der Waals surface area contributed by atoms with Gasteiger partial charge in [-0.2, -0.15) is 0 Å². The van der Waals surface area contributed by atoms with E-state index >= 15 is 0 Å². The summed E-state index contributed by atoms with van der Waals surface area (Å²) in [6.45, 7) is 0. The van der Waals surface area contributed by atoms with Crippen LogP contribution in [0.25, 0.3) is 0 Å². The van der Waals surface area contributed by atoms with Crippen LogP contribution in [0.1, 0.15) is 10.4 Å². The van der Waals surface area contributed by atoms with Gasteiger partial charge in [0.2, 0.25) is 0 Å². The summed E-state index contributed by atoms with van der Waals surface area (Å²) >= 11 is 5.84. The Bertz CT molecular complexity index is 928. The lowest BCUT2D eigenvalue weighted by molar-refractivity contribution is 0.102. The summed E-state index contributed by atoms with van der Waals surface area (Å²) in [6, 6.07) is 15.7. The Hall–Kier alpha value is -3.25. The van der Waals surface area contributed by atoms with E-state index in [1.54, 1.807) is 56.7 Å². The van der Waals surface area contributed by atoms with Gasteiger partial charge in [0.1, 0.15) is 17.3 Å². The van der Waals surface area contributed by atoms with Crippen molar-refractivity contribution in [1.29, 1.82) is 0 Å². The van der Waals surface area contributed by atoms with E-state index in [4.69, 9.17) is 21.1 Å². The number of rotatable bonds is 6. The number of aromatic nitrogens is 1. The molecule has 2 aromatic carbocycles. The van der Waals surface area contributed by atoms with Crippen molar-refractivity contribution in [2.75, 3.05) is 24.9 Å². The van der Waals surface area contributed by atoms with Crippen molar-refractivity contribution in [2.24, 2.45) is 0 Å². The summed E-state index contributed by atoms with van der Waals surface area (Å²) in [5.41, 5.74) is 1.81. The summed E-state index contributed by atoms with van der Waals surface area (Å²) in [4.78, 5) is 16.6. The average molecular weight is 384 g/mol. The van der Waals surface area contributed by atoms with Gasteiger partial charge in [-0.1, -0.05) is 11.6 Å². The number of anilines is 3. The smallest absolute Gasteiger partial charge is 0.257 e. The van der Waals surface area contributed by atoms with Gasteiger partial charge >= 0.3 is 0 Å². The summed E-state index contributed by atoms with van der Waals surface area (Å²) in [5, 5.41) is 6.56. The van der Waals surface area contributed by atoms with Gasteiger partial charge in [0.15, 0.2) is 0 Å². The first kappa shape index (κ1) is 18.5. The fourth-order valence-corrected chi connectivity index (χ4v) is 2.51. The van der Waals surface area contributed by atoms with Crippen LogP contribution in [0.4, 0.5) is 17.2 Å². The molecule has 0 bridgehead atoms. The van der Waals surface area contributed by atoms with Gasteiger partial charge in [-0.3, -0.25) is 4.79 Å². The standard InChI is InChI=1S/C20H18ClN3O3/c1-26-16-8-9-18(27-2)17(11-16)24-19-10-3-13(12-22-19)20(25)23-15-6-4-14(21)5-7-15/h3-12H,1-2H3,(H,22,24)(H,23,25). The Labute approximate surface area is 162 Å². The van der Waals surface area contributed by atoms with Crippen LogP contribution in [0.2, 0.25) is 5.02 Å². The van der Waals surface area contributed by atoms with Crippen LogP contribution in [-0.2, 0) is 0 Å². The van der Waals surface area contributed by atoms with Crippen molar-refractivity contribution < 1.29 is 14.3 Å². The van der Waals surface area contributed by atoms with Crippen LogP contribution in [0.15, 0.2) is 60.8 Å². The Morgan fingerprint density at radius 2 is 1.78 bits per heavy atom. The second-order valence-corrected chi connectivity index (χ2v) is 6.02. The molecule has 27 heavy (non-hydrogen) atoms. The topological polar surface area (TPSA) is 72.5 Å². The second-order valence-electron chi connectivity index (χ2n) is 5.58. The second kappa shape index (κ2) is 8.42. The van der Waals surface area contributed by atoms with Crippen LogP contribution >= 0.6 is 11.6 Å². The summed E-state index contributed by atoms with van der Waals surface area (Å²) in [5.74, 6) is 1.67. The molecule has 1 amide bonds. The first-order chi connectivity index (χ1) is 13.1. The fraction of sp³-hybridized carbons (Fsp3) is 0.100. The van der Waals surface area contributed by atoms with E-state index in [0.717, 1.165) is 0 Å². The van der Waals surface area contributed by atoms with Crippen LogP contribution in [0.5, 0.6) is 11.5 Å². The van der Waals surface area contributed by atoms with E-state index in [1.165, 1.54) is 6.20 Å². The minimum atomic E-state index is -0.254. The zero-order valence-corrected chi connectivity index (χ0v) is 15.6. The highest BCUT2D eigenvalue weighted by atomic mass is 35.5. The maximum atomic E-state index is 12.3. The molecule has 0 aliphatic heterocycles. The predicted molar refractivity (Wildman–Crippen MR) is 106 cm³/mol. The first-order valence-electron chi connectivity index (χ1n) is 8.11. The predicted octanol–water partition coefficient (Wildman–Crippen LogP) is 4.75. The highest BCUT2D eigenvalue weighted by molar-refractivity contribution is 6.30. The molecular formula is C20H18ClN3O3. The van der Waals surface area contributed by atoms with Gasteiger partial charge < -0.3 is 20.1 Å². The SMILES string of the molecule is COc1ccc(OC)c(Nc2ccc(C(=O)Nc3ccc(Cl)cc3)cn2)c1. The molecule has 0 saturated heterocycles. The number of carbonyl (C=O) groups excluding carboxylic acids is 1. The molecule has 7 heteroatoms. The Kier molecular flexibility index (Phi) is 5.78. The zero-order valence-electron chi connectivity index (χ0n) is 14.8. The molecule has 6 nitrogen and oxygen atoms in total. The third-order valence-electron chi connectivity index (χ3n) is 3.80. The normalized spacial score (nSPS) is 10.2. The molecule has 0 spiro atoms.